The fourth-order valence-corrected chi connectivity index (χ4v) is 4.89. The van der Waals surface area contributed by atoms with E-state index in [2.05, 4.69) is 4.98 Å². The summed E-state index contributed by atoms with van der Waals surface area (Å²) in [6.07, 6.45) is 6.57. The molecule has 2 heterocycles. The smallest absolute Gasteiger partial charge is 0.337 e. The molecule has 170 valence electrons. The van der Waals surface area contributed by atoms with E-state index in [1.54, 1.807) is 18.0 Å². The van der Waals surface area contributed by atoms with E-state index in [-0.39, 0.29) is 17.3 Å². The second-order valence-corrected chi connectivity index (χ2v) is 8.76. The van der Waals surface area contributed by atoms with Crippen molar-refractivity contribution in [2.45, 2.75) is 51.6 Å². The molecule has 7 heteroatoms. The predicted molar refractivity (Wildman–Crippen MR) is 129 cm³/mol. The molecule has 0 bridgehead atoms. The van der Waals surface area contributed by atoms with Gasteiger partial charge >= 0.3 is 5.69 Å². The lowest BCUT2D eigenvalue weighted by Crippen LogP contribution is -2.43. The van der Waals surface area contributed by atoms with Gasteiger partial charge in [-0.1, -0.05) is 49.6 Å². The highest BCUT2D eigenvalue weighted by Crippen LogP contribution is 2.27. The number of imidazole rings is 1. The number of hydrogen-bond acceptors (Lipinski definition) is 4. The Hall–Kier alpha value is -3.61. The number of ether oxygens (including phenoxy) is 1. The van der Waals surface area contributed by atoms with Gasteiger partial charge < -0.3 is 9.30 Å². The van der Waals surface area contributed by atoms with Crippen molar-refractivity contribution in [1.82, 2.24) is 18.7 Å². The molecule has 33 heavy (non-hydrogen) atoms. The van der Waals surface area contributed by atoms with Crippen molar-refractivity contribution in [1.29, 1.82) is 0 Å². The van der Waals surface area contributed by atoms with Gasteiger partial charge in [0, 0.05) is 12.6 Å². The monoisotopic (exact) mass is 444 g/mol. The first kappa shape index (κ1) is 21.2. The fourth-order valence-electron chi connectivity index (χ4n) is 4.89. The third-order valence-corrected chi connectivity index (χ3v) is 6.66. The number of hydrogen-bond donors (Lipinski definition) is 0. The van der Waals surface area contributed by atoms with Crippen LogP contribution < -0.4 is 16.0 Å². The Morgan fingerprint density at radius 2 is 1.73 bits per heavy atom. The van der Waals surface area contributed by atoms with E-state index >= 15 is 0 Å². The third-order valence-electron chi connectivity index (χ3n) is 6.66. The van der Waals surface area contributed by atoms with Crippen LogP contribution in [0.1, 0.15) is 49.3 Å². The van der Waals surface area contributed by atoms with Crippen LogP contribution >= 0.6 is 0 Å². The Labute approximate surface area is 191 Å². The van der Waals surface area contributed by atoms with Gasteiger partial charge in [0.25, 0.3) is 5.56 Å². The maximum atomic E-state index is 13.8. The first-order valence-electron chi connectivity index (χ1n) is 11.5. The van der Waals surface area contributed by atoms with E-state index in [9.17, 15) is 9.59 Å². The predicted octanol–water partition coefficient (Wildman–Crippen LogP) is 4.22. The van der Waals surface area contributed by atoms with Crippen LogP contribution in [0.25, 0.3) is 16.9 Å². The normalized spacial score (nSPS) is 14.6. The Kier molecular flexibility index (Phi) is 5.62. The molecule has 7 nitrogen and oxygen atoms in total. The SMILES string of the molecule is COc1ccc(Cn2cnc3c2c(=O)n(C2CCCCC2)c(=O)n3-c2ccccc2C)cc1. The van der Waals surface area contributed by atoms with E-state index in [4.69, 9.17) is 4.74 Å². The number of aromatic nitrogens is 4. The minimum Gasteiger partial charge on any atom is -0.497 e. The molecule has 1 fully saturated rings. The third kappa shape index (κ3) is 3.77. The molecule has 0 N–H and O–H groups in total. The summed E-state index contributed by atoms with van der Waals surface area (Å²) in [5.74, 6) is 0.780. The molecule has 1 aliphatic carbocycles. The first-order valence-corrected chi connectivity index (χ1v) is 11.5. The summed E-state index contributed by atoms with van der Waals surface area (Å²) in [4.78, 5) is 32.1. The number of aryl methyl sites for hydroxylation is 1. The minimum absolute atomic E-state index is 0.0808. The van der Waals surface area contributed by atoms with Crippen LogP contribution in [0.5, 0.6) is 5.75 Å². The van der Waals surface area contributed by atoms with Gasteiger partial charge in [0.05, 0.1) is 19.1 Å². The highest BCUT2D eigenvalue weighted by molar-refractivity contribution is 5.73. The molecule has 0 unspecified atom stereocenters. The molecule has 4 aromatic rings. The summed E-state index contributed by atoms with van der Waals surface area (Å²) in [7, 11) is 1.64. The molecule has 5 rings (SSSR count). The van der Waals surface area contributed by atoms with Crippen LogP contribution in [0.4, 0.5) is 0 Å². The highest BCUT2D eigenvalue weighted by Gasteiger charge is 2.25. The largest absolute Gasteiger partial charge is 0.497 e. The zero-order valence-corrected chi connectivity index (χ0v) is 19.0. The molecule has 0 spiro atoms. The number of methoxy groups -OCH3 is 1. The van der Waals surface area contributed by atoms with E-state index in [0.717, 1.165) is 54.7 Å². The van der Waals surface area contributed by atoms with Gasteiger partial charge in [-0.3, -0.25) is 9.36 Å². The first-order chi connectivity index (χ1) is 16.1. The molecule has 1 saturated carbocycles. The lowest BCUT2D eigenvalue weighted by Gasteiger charge is -2.24. The number of fused-ring (bicyclic) bond motifs is 1. The van der Waals surface area contributed by atoms with E-state index in [1.165, 1.54) is 4.57 Å². The van der Waals surface area contributed by atoms with Crippen LogP contribution in [0.15, 0.2) is 64.4 Å². The number of nitrogens with zero attached hydrogens (tertiary/aromatic N) is 4. The van der Waals surface area contributed by atoms with E-state index in [1.807, 2.05) is 60.0 Å². The van der Waals surface area contributed by atoms with Crippen LogP contribution in [-0.4, -0.2) is 25.8 Å². The molecule has 0 atom stereocenters. The molecule has 2 aromatic heterocycles. The highest BCUT2D eigenvalue weighted by atomic mass is 16.5. The number of para-hydroxylation sites is 1. The van der Waals surface area contributed by atoms with E-state index in [0.29, 0.717) is 17.7 Å². The average molecular weight is 445 g/mol. The summed E-state index contributed by atoms with van der Waals surface area (Å²) in [5, 5.41) is 0. The van der Waals surface area contributed by atoms with Crippen molar-refractivity contribution >= 4 is 11.2 Å². The van der Waals surface area contributed by atoms with Gasteiger partial charge in [0.2, 0.25) is 0 Å². The van der Waals surface area contributed by atoms with Crippen LogP contribution in [0.2, 0.25) is 0 Å². The molecular weight excluding hydrogens is 416 g/mol. The van der Waals surface area contributed by atoms with Crippen LogP contribution in [-0.2, 0) is 6.54 Å². The summed E-state index contributed by atoms with van der Waals surface area (Å²) in [6.45, 7) is 2.45. The molecule has 0 saturated heterocycles. The minimum atomic E-state index is -0.302. The zero-order chi connectivity index (χ0) is 22.9. The molecule has 1 aliphatic rings. The standard InChI is InChI=1S/C26H28N4O3/c1-18-8-6-7-11-22(18)30-24-23(25(31)29(26(30)32)20-9-4-3-5-10-20)28(17-27-24)16-19-12-14-21(33-2)15-13-19/h6-8,11-15,17,20H,3-5,9-10,16H2,1-2H3. The fraction of sp³-hybridized carbons (Fsp3) is 0.346. The average Bonchev–Trinajstić information content (AvgIpc) is 3.25. The van der Waals surface area contributed by atoms with Crippen molar-refractivity contribution in [2.75, 3.05) is 7.11 Å². The molecule has 0 radical (unpaired) electrons. The second-order valence-electron chi connectivity index (χ2n) is 8.76. The Morgan fingerprint density at radius 1 is 1.00 bits per heavy atom. The lowest BCUT2D eigenvalue weighted by molar-refractivity contribution is 0.335. The van der Waals surface area contributed by atoms with Gasteiger partial charge in [0.15, 0.2) is 11.2 Å². The number of rotatable bonds is 5. The maximum Gasteiger partial charge on any atom is 0.337 e. The Balaban J connectivity index is 1.74. The van der Waals surface area contributed by atoms with Gasteiger partial charge in [0.1, 0.15) is 5.75 Å². The molecule has 0 amide bonds. The van der Waals surface area contributed by atoms with Crippen molar-refractivity contribution in [3.05, 3.63) is 86.8 Å². The summed E-state index contributed by atoms with van der Waals surface area (Å²) in [6, 6.07) is 15.4. The Bertz CT molecular complexity index is 1410. The van der Waals surface area contributed by atoms with Crippen molar-refractivity contribution in [3.63, 3.8) is 0 Å². The van der Waals surface area contributed by atoms with Crippen molar-refractivity contribution in [2.24, 2.45) is 0 Å². The van der Waals surface area contributed by atoms with Crippen LogP contribution in [0.3, 0.4) is 0 Å². The van der Waals surface area contributed by atoms with Gasteiger partial charge in [-0.2, -0.15) is 0 Å². The second kappa shape index (κ2) is 8.73. The van der Waals surface area contributed by atoms with Crippen molar-refractivity contribution < 1.29 is 4.74 Å². The topological polar surface area (TPSA) is 71.1 Å². The molecule has 0 aliphatic heterocycles. The van der Waals surface area contributed by atoms with Gasteiger partial charge in [-0.25, -0.2) is 14.3 Å². The quantitative estimate of drug-likeness (QED) is 0.462. The summed E-state index contributed by atoms with van der Waals surface area (Å²) < 4.78 is 10.2. The van der Waals surface area contributed by atoms with Gasteiger partial charge in [-0.15, -0.1) is 0 Å². The Morgan fingerprint density at radius 3 is 2.42 bits per heavy atom. The van der Waals surface area contributed by atoms with Gasteiger partial charge in [-0.05, 0) is 49.1 Å². The summed E-state index contributed by atoms with van der Waals surface area (Å²) >= 11 is 0. The lowest BCUT2D eigenvalue weighted by atomic mass is 9.95. The number of benzene rings is 2. The molecular formula is C26H28N4O3. The van der Waals surface area contributed by atoms with Crippen LogP contribution in [0, 0.1) is 6.92 Å². The maximum absolute atomic E-state index is 13.8. The molecule has 2 aromatic carbocycles. The van der Waals surface area contributed by atoms with Crippen molar-refractivity contribution in [3.8, 4) is 11.4 Å². The summed E-state index contributed by atoms with van der Waals surface area (Å²) in [5.41, 5.74) is 3.04. The van der Waals surface area contributed by atoms with E-state index < -0.39 is 0 Å². The zero-order valence-electron chi connectivity index (χ0n) is 19.0.